The van der Waals surface area contributed by atoms with E-state index in [2.05, 4.69) is 15.3 Å². The zero-order valence-electron chi connectivity index (χ0n) is 10.8. The first-order valence-corrected chi connectivity index (χ1v) is 6.13. The van der Waals surface area contributed by atoms with Crippen molar-refractivity contribution in [2.75, 3.05) is 0 Å². The second kappa shape index (κ2) is 13.0. The number of hydrogen-bond donors (Lipinski definition) is 0. The molecule has 0 saturated carbocycles. The number of hydrogen-bond acceptors (Lipinski definition) is 3. The molecule has 0 bridgehead atoms. The summed E-state index contributed by atoms with van der Waals surface area (Å²) in [6.07, 6.45) is 2.84. The summed E-state index contributed by atoms with van der Waals surface area (Å²) in [5.41, 5.74) is 1.11. The maximum absolute atomic E-state index is 11.7. The zero-order valence-corrected chi connectivity index (χ0v) is 11.7. The third-order valence-electron chi connectivity index (χ3n) is 1.53. The lowest BCUT2D eigenvalue weighted by Crippen LogP contribution is -1.80. The summed E-state index contributed by atoms with van der Waals surface area (Å²) in [4.78, 5) is 0. The molecule has 1 aromatic heterocycles. The van der Waals surface area contributed by atoms with Crippen LogP contribution < -0.4 is 0 Å². The molecular formula is C12H20F2N2S. The Morgan fingerprint density at radius 3 is 1.82 bits per heavy atom. The third kappa shape index (κ3) is 14.9. The molecule has 0 aromatic carbocycles. The molecule has 0 radical (unpaired) electrons. The highest BCUT2D eigenvalue weighted by molar-refractivity contribution is 6.98. The first-order valence-electron chi connectivity index (χ1n) is 5.40. The smallest absolute Gasteiger partial charge is 0.182 e. The Hall–Kier alpha value is -1.10. The van der Waals surface area contributed by atoms with Gasteiger partial charge in [-0.3, -0.25) is 0 Å². The molecule has 0 fully saturated rings. The molecule has 0 N–H and O–H groups in total. The highest BCUT2D eigenvalue weighted by atomic mass is 32.1. The topological polar surface area (TPSA) is 25.8 Å². The van der Waals surface area contributed by atoms with E-state index < -0.39 is 6.08 Å². The Morgan fingerprint density at radius 2 is 1.59 bits per heavy atom. The van der Waals surface area contributed by atoms with E-state index in [-0.39, 0.29) is 5.57 Å². The lowest BCUT2D eigenvalue weighted by atomic mass is 10.1. The molecule has 0 atom stereocenters. The SMILES string of the molecule is C=C(C)CCC(C)=C(F)F.CC.c1cnsn1. The summed E-state index contributed by atoms with van der Waals surface area (Å²) in [5, 5.41) is 0. The van der Waals surface area contributed by atoms with Crippen LogP contribution in [-0.4, -0.2) is 8.75 Å². The highest BCUT2D eigenvalue weighted by Gasteiger charge is 1.98. The fraction of sp³-hybridized carbons (Fsp3) is 0.500. The van der Waals surface area contributed by atoms with Crippen LogP contribution in [0.2, 0.25) is 0 Å². The van der Waals surface area contributed by atoms with Gasteiger partial charge in [0.15, 0.2) is 0 Å². The molecule has 2 nitrogen and oxygen atoms in total. The Balaban J connectivity index is 0. The quantitative estimate of drug-likeness (QED) is 0.710. The summed E-state index contributed by atoms with van der Waals surface area (Å²) in [5.74, 6) is 0. The number of aromatic nitrogens is 2. The molecule has 0 saturated heterocycles. The molecule has 0 unspecified atom stereocenters. The van der Waals surface area contributed by atoms with Gasteiger partial charge in [-0.15, -0.1) is 6.58 Å². The van der Waals surface area contributed by atoms with Crippen LogP contribution in [0.25, 0.3) is 0 Å². The van der Waals surface area contributed by atoms with Gasteiger partial charge in [-0.1, -0.05) is 19.4 Å². The summed E-state index contributed by atoms with van der Waals surface area (Å²) >= 11 is 1.21. The lowest BCUT2D eigenvalue weighted by molar-refractivity contribution is 0.408. The van der Waals surface area contributed by atoms with E-state index in [1.54, 1.807) is 12.4 Å². The van der Waals surface area contributed by atoms with Gasteiger partial charge in [0.2, 0.25) is 0 Å². The van der Waals surface area contributed by atoms with Crippen LogP contribution in [0.1, 0.15) is 40.5 Å². The van der Waals surface area contributed by atoms with Crippen LogP contribution in [0.3, 0.4) is 0 Å². The summed E-state index contributed by atoms with van der Waals surface area (Å²) in [6, 6.07) is 0. The van der Waals surface area contributed by atoms with Crippen LogP contribution in [0.5, 0.6) is 0 Å². The van der Waals surface area contributed by atoms with Gasteiger partial charge in [-0.2, -0.15) is 17.5 Å². The maximum atomic E-state index is 11.7. The fourth-order valence-electron chi connectivity index (χ4n) is 0.631. The van der Waals surface area contributed by atoms with Gasteiger partial charge in [0, 0.05) is 0 Å². The maximum Gasteiger partial charge on any atom is 0.269 e. The van der Waals surface area contributed by atoms with Gasteiger partial charge in [-0.25, -0.2) is 0 Å². The molecule has 0 aliphatic heterocycles. The van der Waals surface area contributed by atoms with Crippen LogP contribution in [0.15, 0.2) is 36.2 Å². The molecule has 1 rings (SSSR count). The van der Waals surface area contributed by atoms with Gasteiger partial charge in [0.05, 0.1) is 24.1 Å². The van der Waals surface area contributed by atoms with E-state index in [0.29, 0.717) is 12.8 Å². The molecule has 5 heteroatoms. The molecule has 0 aliphatic carbocycles. The second-order valence-corrected chi connectivity index (χ2v) is 3.67. The van der Waals surface area contributed by atoms with Crippen molar-refractivity contribution in [1.29, 1.82) is 0 Å². The van der Waals surface area contributed by atoms with Gasteiger partial charge >= 0.3 is 0 Å². The first-order chi connectivity index (χ1) is 8.04. The molecule has 0 amide bonds. The Labute approximate surface area is 106 Å². The summed E-state index contributed by atoms with van der Waals surface area (Å²) < 4.78 is 30.8. The Kier molecular flexibility index (Phi) is 13.9. The van der Waals surface area contributed by atoms with Crippen LogP contribution in [-0.2, 0) is 0 Å². The normalized spacial score (nSPS) is 8.12. The number of allylic oxidation sites excluding steroid dienone is 2. The lowest BCUT2D eigenvalue weighted by Gasteiger charge is -1.97. The summed E-state index contributed by atoms with van der Waals surface area (Å²) in [6.45, 7) is 10.9. The van der Waals surface area contributed by atoms with E-state index in [1.165, 1.54) is 18.7 Å². The van der Waals surface area contributed by atoms with Crippen LogP contribution >= 0.6 is 11.7 Å². The Morgan fingerprint density at radius 1 is 1.12 bits per heavy atom. The first kappa shape index (κ1) is 18.3. The molecule has 98 valence electrons. The average molecular weight is 262 g/mol. The predicted molar refractivity (Wildman–Crippen MR) is 70.2 cm³/mol. The molecule has 17 heavy (non-hydrogen) atoms. The number of nitrogens with zero attached hydrogens (tertiary/aromatic N) is 2. The van der Waals surface area contributed by atoms with Crippen molar-refractivity contribution < 1.29 is 8.78 Å². The van der Waals surface area contributed by atoms with Crippen molar-refractivity contribution >= 4 is 11.7 Å². The molecule has 1 heterocycles. The molecule has 1 aromatic rings. The monoisotopic (exact) mass is 262 g/mol. The van der Waals surface area contributed by atoms with Crippen LogP contribution in [0.4, 0.5) is 8.78 Å². The number of halogens is 2. The fourth-order valence-corrected chi connectivity index (χ4v) is 0.904. The standard InChI is InChI=1S/C8H12F2.C2H2N2S.C2H6/c1-6(2)4-5-7(3)8(9)10;1-2-4-5-3-1;1-2/h1,4-5H2,2-3H3;1-2H;1-2H3. The second-order valence-electron chi connectivity index (χ2n) is 3.09. The average Bonchev–Trinajstić information content (AvgIpc) is 2.87. The Bertz CT molecular complexity index is 287. The van der Waals surface area contributed by atoms with Crippen molar-refractivity contribution in [1.82, 2.24) is 8.75 Å². The van der Waals surface area contributed by atoms with Crippen LogP contribution in [0, 0.1) is 0 Å². The third-order valence-corrected chi connectivity index (χ3v) is 1.96. The largest absolute Gasteiger partial charge is 0.269 e. The van der Waals surface area contributed by atoms with Crippen molar-refractivity contribution in [3.05, 3.63) is 36.2 Å². The highest BCUT2D eigenvalue weighted by Crippen LogP contribution is 2.14. The summed E-state index contributed by atoms with van der Waals surface area (Å²) in [7, 11) is 0. The van der Waals surface area contributed by atoms with E-state index in [0.717, 1.165) is 5.57 Å². The van der Waals surface area contributed by atoms with Crippen molar-refractivity contribution in [2.24, 2.45) is 0 Å². The predicted octanol–water partition coefficient (Wildman–Crippen LogP) is 5.08. The minimum Gasteiger partial charge on any atom is -0.182 e. The van der Waals surface area contributed by atoms with E-state index in [1.807, 2.05) is 20.8 Å². The van der Waals surface area contributed by atoms with E-state index >= 15 is 0 Å². The van der Waals surface area contributed by atoms with Gasteiger partial charge in [0.25, 0.3) is 6.08 Å². The molecule has 0 aliphatic rings. The molecular weight excluding hydrogens is 242 g/mol. The molecule has 0 spiro atoms. The zero-order chi connectivity index (χ0) is 13.7. The van der Waals surface area contributed by atoms with E-state index in [4.69, 9.17) is 0 Å². The van der Waals surface area contributed by atoms with Crippen molar-refractivity contribution in [3.8, 4) is 0 Å². The van der Waals surface area contributed by atoms with Gasteiger partial charge < -0.3 is 0 Å². The van der Waals surface area contributed by atoms with Gasteiger partial charge in [-0.05, 0) is 32.3 Å². The minimum atomic E-state index is -1.55. The van der Waals surface area contributed by atoms with Gasteiger partial charge in [0.1, 0.15) is 0 Å². The minimum absolute atomic E-state index is 0.169. The van der Waals surface area contributed by atoms with E-state index in [9.17, 15) is 8.78 Å². The number of rotatable bonds is 3. The van der Waals surface area contributed by atoms with Crippen molar-refractivity contribution in [2.45, 2.75) is 40.5 Å². The van der Waals surface area contributed by atoms with Crippen molar-refractivity contribution in [3.63, 3.8) is 0 Å².